The Hall–Kier alpha value is -2.15. The lowest BCUT2D eigenvalue weighted by Gasteiger charge is -2.56. The fourth-order valence-electron chi connectivity index (χ4n) is 5.28. The van der Waals surface area contributed by atoms with Gasteiger partial charge in [0.05, 0.1) is 13.2 Å². The van der Waals surface area contributed by atoms with E-state index >= 15 is 0 Å². The van der Waals surface area contributed by atoms with Crippen molar-refractivity contribution in [3.63, 3.8) is 0 Å². The average Bonchev–Trinajstić information content (AvgIpc) is 3.26. The van der Waals surface area contributed by atoms with Crippen LogP contribution in [0.1, 0.15) is 45.1 Å². The van der Waals surface area contributed by atoms with E-state index in [9.17, 15) is 9.18 Å². The summed E-state index contributed by atoms with van der Waals surface area (Å²) in [5, 5.41) is 0.605. The van der Waals surface area contributed by atoms with Crippen molar-refractivity contribution in [2.45, 2.75) is 57.0 Å². The lowest BCUT2D eigenvalue weighted by atomic mass is 9.72. The van der Waals surface area contributed by atoms with Gasteiger partial charge in [-0.05, 0) is 36.8 Å². The number of benzene rings is 2. The minimum Gasteiger partial charge on any atom is -0.490 e. The fourth-order valence-corrected chi connectivity index (χ4v) is 5.46. The van der Waals surface area contributed by atoms with Crippen LogP contribution in [-0.4, -0.2) is 42.2 Å². The van der Waals surface area contributed by atoms with Crippen molar-refractivity contribution in [2.24, 2.45) is 0 Å². The molecule has 0 aromatic heterocycles. The number of carbonyl (C=O) groups is 1. The van der Waals surface area contributed by atoms with Gasteiger partial charge in [-0.1, -0.05) is 43.1 Å². The third-order valence-corrected chi connectivity index (χ3v) is 6.67. The maximum atomic E-state index is 13.7. The monoisotopic (exact) mass is 461 g/mol. The van der Waals surface area contributed by atoms with Crippen LogP contribution in [-0.2, 0) is 20.1 Å². The molecule has 2 heterocycles. The molecule has 2 aromatic rings. The first-order valence-corrected chi connectivity index (χ1v) is 11.5. The number of likely N-dealkylation sites (tertiary alicyclic amines) is 1. The number of amides is 1. The first-order valence-electron chi connectivity index (χ1n) is 11.1. The van der Waals surface area contributed by atoms with Gasteiger partial charge in [-0.15, -0.1) is 0 Å². The highest BCUT2D eigenvalue weighted by Gasteiger charge is 2.62. The van der Waals surface area contributed by atoms with Crippen molar-refractivity contribution >= 4 is 17.5 Å². The smallest absolute Gasteiger partial charge is 0.220 e. The van der Waals surface area contributed by atoms with Crippen molar-refractivity contribution in [3.8, 4) is 5.75 Å². The molecule has 2 aliphatic heterocycles. The number of carbonyl (C=O) groups excluding carboxylic acids is 1. The lowest BCUT2D eigenvalue weighted by molar-refractivity contribution is -0.268. The zero-order valence-electron chi connectivity index (χ0n) is 18.5. The molecular formula is C25H29ClFNO4. The number of piperidine rings is 1. The molecule has 172 valence electrons. The number of ether oxygens (including phenoxy) is 3. The first kappa shape index (κ1) is 23.0. The maximum Gasteiger partial charge on any atom is 0.220 e. The van der Waals surface area contributed by atoms with Crippen LogP contribution in [0.3, 0.4) is 0 Å². The minimum atomic E-state index is -1.20. The van der Waals surface area contributed by atoms with Gasteiger partial charge in [0.1, 0.15) is 23.2 Å². The Morgan fingerprint density at radius 3 is 2.56 bits per heavy atom. The molecule has 1 amide bonds. The van der Waals surface area contributed by atoms with E-state index in [0.29, 0.717) is 55.4 Å². The SMILES string of the molecule is CCCC1(C2(c3ccc(F)cc3)OCCO2)CC(Oc2cccc(Cl)c2)CCN1C(C)=O. The van der Waals surface area contributed by atoms with Crippen LogP contribution in [0.25, 0.3) is 0 Å². The maximum absolute atomic E-state index is 13.7. The topological polar surface area (TPSA) is 48.0 Å². The molecule has 0 N–H and O–H groups in total. The quantitative estimate of drug-likeness (QED) is 0.585. The molecule has 2 atom stereocenters. The van der Waals surface area contributed by atoms with Gasteiger partial charge in [-0.3, -0.25) is 4.79 Å². The van der Waals surface area contributed by atoms with Crippen LogP contribution >= 0.6 is 11.6 Å². The third kappa shape index (κ3) is 4.12. The number of hydrogen-bond acceptors (Lipinski definition) is 4. The van der Waals surface area contributed by atoms with Crippen LogP contribution in [0.2, 0.25) is 5.02 Å². The van der Waals surface area contributed by atoms with Crippen LogP contribution in [0, 0.1) is 5.82 Å². The Morgan fingerprint density at radius 1 is 1.22 bits per heavy atom. The largest absolute Gasteiger partial charge is 0.490 e. The third-order valence-electron chi connectivity index (χ3n) is 6.43. The second-order valence-electron chi connectivity index (χ2n) is 8.46. The van der Waals surface area contributed by atoms with Gasteiger partial charge < -0.3 is 19.1 Å². The summed E-state index contributed by atoms with van der Waals surface area (Å²) in [5.74, 6) is -0.882. The molecule has 0 saturated carbocycles. The highest BCUT2D eigenvalue weighted by Crippen LogP contribution is 2.52. The second kappa shape index (κ2) is 9.38. The van der Waals surface area contributed by atoms with E-state index in [2.05, 4.69) is 6.92 Å². The predicted molar refractivity (Wildman–Crippen MR) is 120 cm³/mol. The van der Waals surface area contributed by atoms with Crippen molar-refractivity contribution < 1.29 is 23.4 Å². The molecule has 2 unspecified atom stereocenters. The summed E-state index contributed by atoms with van der Waals surface area (Å²) in [6.07, 6.45) is 2.49. The zero-order valence-corrected chi connectivity index (χ0v) is 19.2. The molecule has 0 aliphatic carbocycles. The highest BCUT2D eigenvalue weighted by atomic mass is 35.5. The van der Waals surface area contributed by atoms with Gasteiger partial charge in [-0.25, -0.2) is 4.39 Å². The van der Waals surface area contributed by atoms with Crippen molar-refractivity contribution in [1.82, 2.24) is 4.90 Å². The van der Waals surface area contributed by atoms with E-state index in [1.165, 1.54) is 12.1 Å². The van der Waals surface area contributed by atoms with Gasteiger partial charge in [0.25, 0.3) is 0 Å². The summed E-state index contributed by atoms with van der Waals surface area (Å²) in [6, 6.07) is 13.5. The van der Waals surface area contributed by atoms with Gasteiger partial charge in [0, 0.05) is 36.9 Å². The van der Waals surface area contributed by atoms with Gasteiger partial charge >= 0.3 is 0 Å². The summed E-state index contributed by atoms with van der Waals surface area (Å²) < 4.78 is 32.8. The van der Waals surface area contributed by atoms with E-state index in [-0.39, 0.29) is 17.8 Å². The minimum absolute atomic E-state index is 0.0414. The second-order valence-corrected chi connectivity index (χ2v) is 8.90. The Balaban J connectivity index is 1.78. The molecule has 4 rings (SSSR count). The zero-order chi connectivity index (χ0) is 22.8. The van der Waals surface area contributed by atoms with E-state index in [4.69, 9.17) is 25.8 Å². The van der Waals surface area contributed by atoms with Crippen LogP contribution in [0.5, 0.6) is 5.75 Å². The van der Waals surface area contributed by atoms with Crippen LogP contribution < -0.4 is 4.74 Å². The molecule has 2 saturated heterocycles. The summed E-state index contributed by atoms with van der Waals surface area (Å²) in [5.41, 5.74) is -0.0943. The molecule has 2 fully saturated rings. The van der Waals surface area contributed by atoms with Crippen LogP contribution in [0.4, 0.5) is 4.39 Å². The van der Waals surface area contributed by atoms with Crippen molar-refractivity contribution in [2.75, 3.05) is 19.8 Å². The average molecular weight is 462 g/mol. The standard InChI is InChI=1S/C25H29ClFNO4/c1-3-12-24(25(30-14-15-31-25)19-7-9-21(27)10-8-19)17-23(11-13-28(24)18(2)29)32-22-6-4-5-20(26)16-22/h4-10,16,23H,3,11-15,17H2,1-2H3. The molecule has 0 bridgehead atoms. The Kier molecular flexibility index (Phi) is 6.75. The number of rotatable bonds is 6. The number of halogens is 2. The molecular weight excluding hydrogens is 433 g/mol. The Bertz CT molecular complexity index is 947. The molecule has 2 aromatic carbocycles. The summed E-state index contributed by atoms with van der Waals surface area (Å²) in [7, 11) is 0. The van der Waals surface area contributed by atoms with Gasteiger partial charge in [0.2, 0.25) is 11.7 Å². The summed E-state index contributed by atoms with van der Waals surface area (Å²) >= 11 is 6.15. The van der Waals surface area contributed by atoms with Crippen LogP contribution in [0.15, 0.2) is 48.5 Å². The molecule has 5 nitrogen and oxygen atoms in total. The van der Waals surface area contributed by atoms with E-state index < -0.39 is 11.3 Å². The Morgan fingerprint density at radius 2 is 1.94 bits per heavy atom. The normalized spacial score (nSPS) is 25.0. The fraction of sp³-hybridized carbons (Fsp3) is 0.480. The molecule has 2 aliphatic rings. The summed E-state index contributed by atoms with van der Waals surface area (Å²) in [4.78, 5) is 14.8. The van der Waals surface area contributed by atoms with E-state index in [1.54, 1.807) is 31.2 Å². The van der Waals surface area contributed by atoms with E-state index in [1.807, 2.05) is 17.0 Å². The predicted octanol–water partition coefficient (Wildman–Crippen LogP) is 5.31. The molecule has 0 spiro atoms. The molecule has 32 heavy (non-hydrogen) atoms. The number of hydrogen-bond donors (Lipinski definition) is 0. The highest BCUT2D eigenvalue weighted by molar-refractivity contribution is 6.30. The Labute approximate surface area is 193 Å². The van der Waals surface area contributed by atoms with Crippen molar-refractivity contribution in [3.05, 3.63) is 64.9 Å². The van der Waals surface area contributed by atoms with Crippen molar-refractivity contribution in [1.29, 1.82) is 0 Å². The van der Waals surface area contributed by atoms with Gasteiger partial charge in [-0.2, -0.15) is 0 Å². The lowest BCUT2D eigenvalue weighted by Crippen LogP contribution is -2.68. The van der Waals surface area contributed by atoms with Gasteiger partial charge in [0.15, 0.2) is 0 Å². The molecule has 7 heteroatoms. The first-order chi connectivity index (χ1) is 15.4. The van der Waals surface area contributed by atoms with E-state index in [0.717, 1.165) is 6.42 Å². The molecule has 0 radical (unpaired) electrons. The number of nitrogens with zero attached hydrogens (tertiary/aromatic N) is 1. The summed E-state index contributed by atoms with van der Waals surface area (Å²) in [6.45, 7) is 4.96.